The van der Waals surface area contributed by atoms with Gasteiger partial charge >= 0.3 is 0 Å². The Bertz CT molecular complexity index is 753. The molecule has 1 fully saturated rings. The highest BCUT2D eigenvalue weighted by Crippen LogP contribution is 2.26. The molecule has 0 radical (unpaired) electrons. The Morgan fingerprint density at radius 3 is 2.87 bits per heavy atom. The van der Waals surface area contributed by atoms with Crippen LogP contribution in [0.4, 0.5) is 0 Å². The fraction of sp³-hybridized carbons (Fsp3) is 0.389. The zero-order chi connectivity index (χ0) is 16.4. The van der Waals surface area contributed by atoms with Crippen LogP contribution in [0.25, 0.3) is 0 Å². The molecule has 0 saturated carbocycles. The third-order valence-electron chi connectivity index (χ3n) is 4.17. The Morgan fingerprint density at radius 1 is 1.30 bits per heavy atom. The monoisotopic (exact) mass is 315 g/mol. The van der Waals surface area contributed by atoms with E-state index in [-0.39, 0.29) is 11.9 Å². The summed E-state index contributed by atoms with van der Waals surface area (Å²) in [5, 5.41) is 9.25. The van der Waals surface area contributed by atoms with Crippen LogP contribution in [0.15, 0.2) is 39.7 Å². The van der Waals surface area contributed by atoms with E-state index in [9.17, 15) is 9.90 Å². The van der Waals surface area contributed by atoms with Gasteiger partial charge in [0.25, 0.3) is 0 Å². The first-order valence-corrected chi connectivity index (χ1v) is 7.75. The van der Waals surface area contributed by atoms with Crippen LogP contribution in [-0.4, -0.2) is 29.7 Å². The van der Waals surface area contributed by atoms with E-state index in [4.69, 9.17) is 9.15 Å². The van der Waals surface area contributed by atoms with E-state index in [0.29, 0.717) is 18.9 Å². The highest BCUT2D eigenvalue weighted by molar-refractivity contribution is 5.32. The molecule has 0 amide bonds. The van der Waals surface area contributed by atoms with E-state index in [2.05, 4.69) is 36.9 Å². The molecule has 122 valence electrons. The van der Waals surface area contributed by atoms with Crippen LogP contribution >= 0.6 is 0 Å². The first-order chi connectivity index (χ1) is 11.0. The minimum absolute atomic E-state index is 0.0215. The number of ether oxygens (including phenoxy) is 1. The molecule has 1 aliphatic rings. The van der Waals surface area contributed by atoms with Gasteiger partial charge in [-0.2, -0.15) is 0 Å². The Kier molecular flexibility index (Phi) is 4.50. The molecule has 1 aromatic heterocycles. The predicted molar refractivity (Wildman–Crippen MR) is 86.5 cm³/mol. The Balaban J connectivity index is 1.72. The van der Waals surface area contributed by atoms with Crippen LogP contribution < -0.4 is 5.43 Å². The van der Waals surface area contributed by atoms with Gasteiger partial charge in [-0.25, -0.2) is 0 Å². The summed E-state index contributed by atoms with van der Waals surface area (Å²) >= 11 is 0. The van der Waals surface area contributed by atoms with E-state index in [1.165, 1.54) is 22.8 Å². The van der Waals surface area contributed by atoms with Crippen molar-refractivity contribution < 1.29 is 14.3 Å². The summed E-state index contributed by atoms with van der Waals surface area (Å²) in [5.74, 6) is 0.193. The zero-order valence-electron chi connectivity index (χ0n) is 13.4. The Labute approximate surface area is 135 Å². The molecule has 3 rings (SSSR count). The summed E-state index contributed by atoms with van der Waals surface area (Å²) in [5.41, 5.74) is 3.26. The molecule has 0 unspecified atom stereocenters. The molecule has 0 bridgehead atoms. The molecule has 2 heterocycles. The first kappa shape index (κ1) is 15.8. The Morgan fingerprint density at radius 2 is 2.13 bits per heavy atom. The topological polar surface area (TPSA) is 62.9 Å². The van der Waals surface area contributed by atoms with Gasteiger partial charge in [0, 0.05) is 19.2 Å². The number of benzene rings is 1. The van der Waals surface area contributed by atoms with E-state index in [1.54, 1.807) is 0 Å². The second-order valence-corrected chi connectivity index (χ2v) is 6.05. The van der Waals surface area contributed by atoms with Gasteiger partial charge < -0.3 is 14.3 Å². The molecule has 0 aliphatic carbocycles. The third kappa shape index (κ3) is 3.63. The molecule has 0 spiro atoms. The van der Waals surface area contributed by atoms with E-state index in [0.717, 1.165) is 19.4 Å². The molecular formula is C18H21NO4. The van der Waals surface area contributed by atoms with Crippen molar-refractivity contribution in [1.82, 2.24) is 4.90 Å². The predicted octanol–water partition coefficient (Wildman–Crippen LogP) is 2.54. The van der Waals surface area contributed by atoms with Gasteiger partial charge in [-0.15, -0.1) is 0 Å². The average Bonchev–Trinajstić information content (AvgIpc) is 2.51. The maximum absolute atomic E-state index is 11.5. The van der Waals surface area contributed by atoms with Crippen LogP contribution in [0.2, 0.25) is 0 Å². The maximum atomic E-state index is 11.5. The third-order valence-corrected chi connectivity index (χ3v) is 4.17. The van der Waals surface area contributed by atoms with Crippen molar-refractivity contribution in [2.24, 2.45) is 0 Å². The van der Waals surface area contributed by atoms with Crippen molar-refractivity contribution >= 4 is 0 Å². The maximum Gasteiger partial charge on any atom is 0.226 e. The Hall–Kier alpha value is -2.11. The van der Waals surface area contributed by atoms with Crippen molar-refractivity contribution in [3.05, 3.63) is 63.2 Å². The van der Waals surface area contributed by atoms with Crippen LogP contribution in [0.5, 0.6) is 5.75 Å². The summed E-state index contributed by atoms with van der Waals surface area (Å²) < 4.78 is 11.2. The molecule has 1 N–H and O–H groups in total. The first-order valence-electron chi connectivity index (χ1n) is 7.75. The number of morpholine rings is 1. The number of rotatable bonds is 3. The number of hydrogen-bond donors (Lipinski definition) is 1. The van der Waals surface area contributed by atoms with Gasteiger partial charge in [0.05, 0.1) is 19.3 Å². The largest absolute Gasteiger partial charge is 0.502 e. The number of aromatic hydroxyl groups is 1. The van der Waals surface area contributed by atoms with E-state index >= 15 is 0 Å². The van der Waals surface area contributed by atoms with Crippen molar-refractivity contribution in [1.29, 1.82) is 0 Å². The second-order valence-electron chi connectivity index (χ2n) is 6.05. The number of hydrogen-bond acceptors (Lipinski definition) is 5. The lowest BCUT2D eigenvalue weighted by atomic mass is 10.00. The molecule has 1 saturated heterocycles. The van der Waals surface area contributed by atoms with Crippen molar-refractivity contribution in [2.75, 3.05) is 19.7 Å². The minimum atomic E-state index is -0.412. The zero-order valence-corrected chi connectivity index (χ0v) is 13.4. The van der Waals surface area contributed by atoms with Crippen LogP contribution in [0.1, 0.15) is 28.6 Å². The molecule has 5 nitrogen and oxygen atoms in total. The fourth-order valence-corrected chi connectivity index (χ4v) is 2.97. The average molecular weight is 315 g/mol. The van der Waals surface area contributed by atoms with Gasteiger partial charge in [0.2, 0.25) is 5.43 Å². The van der Waals surface area contributed by atoms with Crippen molar-refractivity contribution in [3.63, 3.8) is 0 Å². The number of nitrogens with zero attached hydrogens (tertiary/aromatic N) is 1. The van der Waals surface area contributed by atoms with Crippen LogP contribution in [0.3, 0.4) is 0 Å². The quantitative estimate of drug-likeness (QED) is 0.943. The van der Waals surface area contributed by atoms with E-state index in [1.807, 2.05) is 0 Å². The standard InChI is InChI=1S/C18H21NO4/c1-12-3-4-15(13(2)7-12)18-10-19(5-6-22-18)9-14-8-16(20)17(21)11-23-14/h3-4,7-8,11,18,21H,5-6,9-10H2,1-2H3/t18-/m0/s1. The molecule has 1 aliphatic heterocycles. The minimum Gasteiger partial charge on any atom is -0.502 e. The molecule has 1 aromatic carbocycles. The number of aryl methyl sites for hydroxylation is 2. The lowest BCUT2D eigenvalue weighted by Crippen LogP contribution is -2.38. The second kappa shape index (κ2) is 6.56. The van der Waals surface area contributed by atoms with Crippen molar-refractivity contribution in [3.8, 4) is 5.75 Å². The molecule has 5 heteroatoms. The lowest BCUT2D eigenvalue weighted by Gasteiger charge is -2.33. The van der Waals surface area contributed by atoms with Gasteiger partial charge in [-0.05, 0) is 25.0 Å². The highest BCUT2D eigenvalue weighted by Gasteiger charge is 2.23. The summed E-state index contributed by atoms with van der Waals surface area (Å²) in [6, 6.07) is 7.73. The van der Waals surface area contributed by atoms with Gasteiger partial charge in [0.1, 0.15) is 12.0 Å². The van der Waals surface area contributed by atoms with Gasteiger partial charge in [-0.3, -0.25) is 9.69 Å². The summed E-state index contributed by atoms with van der Waals surface area (Å²) in [6.45, 7) is 6.88. The summed E-state index contributed by atoms with van der Waals surface area (Å²) in [7, 11) is 0. The summed E-state index contributed by atoms with van der Waals surface area (Å²) in [4.78, 5) is 13.7. The van der Waals surface area contributed by atoms with Gasteiger partial charge in [0.15, 0.2) is 5.75 Å². The fourth-order valence-electron chi connectivity index (χ4n) is 2.97. The normalized spacial score (nSPS) is 19.0. The molecular weight excluding hydrogens is 294 g/mol. The SMILES string of the molecule is Cc1ccc([C@@H]2CN(Cc3cc(=O)c(O)co3)CCO2)c(C)c1. The van der Waals surface area contributed by atoms with Crippen LogP contribution in [0, 0.1) is 13.8 Å². The van der Waals surface area contributed by atoms with Crippen molar-refractivity contribution in [2.45, 2.75) is 26.5 Å². The summed E-state index contributed by atoms with van der Waals surface area (Å²) in [6.07, 6.45) is 1.12. The highest BCUT2D eigenvalue weighted by atomic mass is 16.5. The molecule has 1 atom stereocenters. The van der Waals surface area contributed by atoms with Crippen LogP contribution in [-0.2, 0) is 11.3 Å². The smallest absolute Gasteiger partial charge is 0.226 e. The lowest BCUT2D eigenvalue weighted by molar-refractivity contribution is -0.0351. The molecule has 2 aromatic rings. The van der Waals surface area contributed by atoms with Gasteiger partial charge in [-0.1, -0.05) is 23.8 Å². The van der Waals surface area contributed by atoms with E-state index < -0.39 is 5.43 Å². The molecule has 23 heavy (non-hydrogen) atoms.